The first kappa shape index (κ1) is 10.4. The van der Waals surface area contributed by atoms with E-state index in [4.69, 9.17) is 0 Å². The first-order chi connectivity index (χ1) is 7.14. The van der Waals surface area contributed by atoms with Crippen molar-refractivity contribution >= 4 is 18.5 Å². The zero-order valence-corrected chi connectivity index (χ0v) is 9.84. The molecule has 1 atom stereocenters. The van der Waals surface area contributed by atoms with E-state index in [1.165, 1.54) is 5.57 Å². The van der Waals surface area contributed by atoms with Crippen LogP contribution in [0, 0.1) is 0 Å². The second-order valence-corrected chi connectivity index (χ2v) is 7.05. The number of hydrogen-bond acceptors (Lipinski definition) is 1. The van der Waals surface area contributed by atoms with Gasteiger partial charge >= 0.3 is 0 Å². The molecule has 0 aromatic heterocycles. The highest BCUT2D eigenvalue weighted by molar-refractivity contribution is 7.72. The van der Waals surface area contributed by atoms with Crippen LogP contribution in [0.15, 0.2) is 42.5 Å². The van der Waals surface area contributed by atoms with Crippen molar-refractivity contribution in [2.45, 2.75) is 6.92 Å². The summed E-state index contributed by atoms with van der Waals surface area (Å²) < 4.78 is 12.5. The predicted octanol–water partition coefficient (Wildman–Crippen LogP) is 3.28. The maximum atomic E-state index is 12.5. The van der Waals surface area contributed by atoms with Gasteiger partial charge in [0.1, 0.15) is 7.14 Å². The predicted molar refractivity (Wildman–Crippen MR) is 67.3 cm³/mol. The Bertz CT molecular complexity index is 454. The summed E-state index contributed by atoms with van der Waals surface area (Å²) in [5.74, 6) is 0. The molecule has 1 heterocycles. The highest BCUT2D eigenvalue weighted by atomic mass is 31.2. The maximum Gasteiger partial charge on any atom is 0.123 e. The van der Waals surface area contributed by atoms with Gasteiger partial charge in [-0.2, -0.15) is 0 Å². The van der Waals surface area contributed by atoms with E-state index >= 15 is 0 Å². The minimum absolute atomic E-state index is 0.728. The molecule has 1 aromatic rings. The molecule has 15 heavy (non-hydrogen) atoms. The average molecular weight is 218 g/mol. The van der Waals surface area contributed by atoms with Crippen LogP contribution >= 0.6 is 7.14 Å². The van der Waals surface area contributed by atoms with Gasteiger partial charge in [0.25, 0.3) is 0 Å². The maximum absolute atomic E-state index is 12.5. The minimum Gasteiger partial charge on any atom is -0.318 e. The number of benzene rings is 1. The quantitative estimate of drug-likeness (QED) is 0.550. The summed E-state index contributed by atoms with van der Waals surface area (Å²) in [5.41, 5.74) is 2.33. The lowest BCUT2D eigenvalue weighted by Gasteiger charge is -2.12. The zero-order valence-electron chi connectivity index (χ0n) is 8.94. The van der Waals surface area contributed by atoms with Gasteiger partial charge in [-0.1, -0.05) is 48.6 Å². The van der Waals surface area contributed by atoms with Crippen molar-refractivity contribution in [2.75, 3.05) is 12.3 Å². The van der Waals surface area contributed by atoms with Crippen LogP contribution in [0.25, 0.3) is 6.08 Å². The van der Waals surface area contributed by atoms with E-state index in [0.717, 1.165) is 23.2 Å². The van der Waals surface area contributed by atoms with Crippen LogP contribution in [0.3, 0.4) is 0 Å². The summed E-state index contributed by atoms with van der Waals surface area (Å²) in [6.45, 7) is 5.76. The molecular formula is C13H15OP. The second kappa shape index (κ2) is 3.83. The first-order valence-corrected chi connectivity index (χ1v) is 7.18. The van der Waals surface area contributed by atoms with Gasteiger partial charge in [-0.25, -0.2) is 0 Å². The van der Waals surface area contributed by atoms with Crippen LogP contribution in [0.1, 0.15) is 12.5 Å². The lowest BCUT2D eigenvalue weighted by Crippen LogP contribution is -2.06. The Labute approximate surface area is 90.9 Å². The Hall–Kier alpha value is -1.07. The van der Waals surface area contributed by atoms with Crippen molar-refractivity contribution in [3.05, 3.63) is 48.1 Å². The SMILES string of the molecule is C=Cc1ccc(P2(=O)CC=C(C)C2)cc1. The van der Waals surface area contributed by atoms with Crippen molar-refractivity contribution in [1.29, 1.82) is 0 Å². The largest absolute Gasteiger partial charge is 0.318 e. The lowest BCUT2D eigenvalue weighted by molar-refractivity contribution is 0.585. The van der Waals surface area contributed by atoms with Gasteiger partial charge in [0.05, 0.1) is 0 Å². The van der Waals surface area contributed by atoms with E-state index < -0.39 is 7.14 Å². The fraction of sp³-hybridized carbons (Fsp3) is 0.231. The van der Waals surface area contributed by atoms with E-state index in [-0.39, 0.29) is 0 Å². The molecule has 1 aliphatic rings. The van der Waals surface area contributed by atoms with E-state index in [2.05, 4.69) is 19.6 Å². The Morgan fingerprint density at radius 3 is 2.47 bits per heavy atom. The van der Waals surface area contributed by atoms with Gasteiger partial charge in [-0.05, 0) is 12.5 Å². The van der Waals surface area contributed by atoms with E-state index in [1.807, 2.05) is 24.3 Å². The third-order valence-electron chi connectivity index (χ3n) is 2.84. The molecule has 0 fully saturated rings. The van der Waals surface area contributed by atoms with E-state index in [1.54, 1.807) is 6.08 Å². The average Bonchev–Trinajstić information content (AvgIpc) is 2.60. The molecule has 1 aromatic carbocycles. The summed E-state index contributed by atoms with van der Waals surface area (Å²) >= 11 is 0. The Kier molecular flexibility index (Phi) is 2.67. The highest BCUT2D eigenvalue weighted by Crippen LogP contribution is 2.50. The molecule has 0 saturated carbocycles. The Morgan fingerprint density at radius 2 is 2.00 bits per heavy atom. The molecule has 0 aliphatic carbocycles. The molecule has 1 aliphatic heterocycles. The molecule has 1 unspecified atom stereocenters. The normalized spacial score (nSPS) is 25.0. The molecule has 78 valence electrons. The van der Waals surface area contributed by atoms with Crippen LogP contribution in [0.5, 0.6) is 0 Å². The standard InChI is InChI=1S/C13H15OP/c1-3-12-4-6-13(7-5-12)15(14)9-8-11(2)10-15/h3-8H,1,9-10H2,2H3. The van der Waals surface area contributed by atoms with Crippen LogP contribution < -0.4 is 5.30 Å². The van der Waals surface area contributed by atoms with Crippen LogP contribution in [-0.2, 0) is 4.57 Å². The second-order valence-electron chi connectivity index (χ2n) is 4.08. The first-order valence-electron chi connectivity index (χ1n) is 5.11. The minimum atomic E-state index is -2.14. The Balaban J connectivity index is 2.31. The van der Waals surface area contributed by atoms with Gasteiger partial charge in [0.2, 0.25) is 0 Å². The van der Waals surface area contributed by atoms with Crippen molar-refractivity contribution < 1.29 is 4.57 Å². The summed E-state index contributed by atoms with van der Waals surface area (Å²) in [5, 5.41) is 1.00. The number of rotatable bonds is 2. The third-order valence-corrected chi connectivity index (χ3v) is 5.86. The smallest absolute Gasteiger partial charge is 0.123 e. The topological polar surface area (TPSA) is 17.1 Å². The zero-order chi connectivity index (χ0) is 10.9. The van der Waals surface area contributed by atoms with Crippen molar-refractivity contribution in [2.24, 2.45) is 0 Å². The summed E-state index contributed by atoms with van der Waals surface area (Å²) in [7, 11) is -2.14. The fourth-order valence-corrected chi connectivity index (χ4v) is 4.67. The van der Waals surface area contributed by atoms with Crippen molar-refractivity contribution in [3.63, 3.8) is 0 Å². The summed E-state index contributed by atoms with van der Waals surface area (Å²) in [4.78, 5) is 0. The van der Waals surface area contributed by atoms with E-state index in [0.29, 0.717) is 0 Å². The third kappa shape index (κ3) is 1.98. The number of hydrogen-bond donors (Lipinski definition) is 0. The van der Waals surface area contributed by atoms with Gasteiger partial charge in [0, 0.05) is 17.6 Å². The monoisotopic (exact) mass is 218 g/mol. The van der Waals surface area contributed by atoms with Crippen molar-refractivity contribution in [1.82, 2.24) is 0 Å². The van der Waals surface area contributed by atoms with Gasteiger partial charge in [-0.15, -0.1) is 0 Å². The molecule has 2 rings (SSSR count). The molecule has 0 N–H and O–H groups in total. The summed E-state index contributed by atoms with van der Waals surface area (Å²) in [6, 6.07) is 7.92. The van der Waals surface area contributed by atoms with E-state index in [9.17, 15) is 4.57 Å². The molecule has 0 radical (unpaired) electrons. The Morgan fingerprint density at radius 1 is 1.33 bits per heavy atom. The van der Waals surface area contributed by atoms with Gasteiger partial charge in [-0.3, -0.25) is 0 Å². The molecule has 0 bridgehead atoms. The van der Waals surface area contributed by atoms with Crippen molar-refractivity contribution in [3.8, 4) is 0 Å². The van der Waals surface area contributed by atoms with Crippen LogP contribution in [0.2, 0.25) is 0 Å². The van der Waals surface area contributed by atoms with Gasteiger partial charge < -0.3 is 4.57 Å². The molecule has 0 amide bonds. The molecule has 1 nitrogen and oxygen atoms in total. The van der Waals surface area contributed by atoms with Gasteiger partial charge in [0.15, 0.2) is 0 Å². The molecule has 2 heteroatoms. The highest BCUT2D eigenvalue weighted by Gasteiger charge is 2.27. The number of allylic oxidation sites excluding steroid dienone is 2. The fourth-order valence-electron chi connectivity index (χ4n) is 1.91. The van der Waals surface area contributed by atoms with Crippen LogP contribution in [0.4, 0.5) is 0 Å². The summed E-state index contributed by atoms with van der Waals surface area (Å²) in [6.07, 6.45) is 5.38. The molecular weight excluding hydrogens is 203 g/mol. The molecule has 0 saturated heterocycles. The molecule has 0 spiro atoms. The van der Waals surface area contributed by atoms with Crippen LogP contribution in [-0.4, -0.2) is 12.3 Å². The lowest BCUT2D eigenvalue weighted by atomic mass is 10.2.